The summed E-state index contributed by atoms with van der Waals surface area (Å²) in [6.07, 6.45) is 2.71. The fourth-order valence-corrected chi connectivity index (χ4v) is 6.87. The summed E-state index contributed by atoms with van der Waals surface area (Å²) in [4.78, 5) is 57.6. The molecule has 1 aliphatic rings. The number of carboxylic acids is 1. The fourth-order valence-electron chi connectivity index (χ4n) is 6.38. The molecule has 0 saturated carbocycles. The van der Waals surface area contributed by atoms with E-state index in [1.54, 1.807) is 78.9 Å². The molecule has 0 unspecified atom stereocenters. The van der Waals surface area contributed by atoms with Gasteiger partial charge in [0.2, 0.25) is 0 Å². The minimum atomic E-state index is -1.09. The highest BCUT2D eigenvalue weighted by molar-refractivity contribution is 7.94. The normalized spacial score (nSPS) is 11.7. The molecule has 0 saturated heterocycles. The lowest BCUT2D eigenvalue weighted by Gasteiger charge is -2.26. The zero-order chi connectivity index (χ0) is 36.4. The second-order valence-electron chi connectivity index (χ2n) is 12.0. The number of ketones is 2. The smallest absolute Gasteiger partial charge is 0.335 e. The Morgan fingerprint density at radius 1 is 0.827 bits per heavy atom. The van der Waals surface area contributed by atoms with Crippen LogP contribution in [0.25, 0.3) is 22.0 Å². The van der Waals surface area contributed by atoms with Gasteiger partial charge in [-0.15, -0.1) is 4.33 Å². The number of anilines is 2. The van der Waals surface area contributed by atoms with Crippen molar-refractivity contribution in [1.82, 2.24) is 4.98 Å². The summed E-state index contributed by atoms with van der Waals surface area (Å²) in [5.74, 6) is -1.57. The maximum Gasteiger partial charge on any atom is 0.335 e. The predicted octanol–water partition coefficient (Wildman–Crippen LogP) is 8.98. The molecule has 0 aliphatic heterocycles. The number of ether oxygens (including phenoxy) is 1. The number of aromatic carboxylic acids is 1. The van der Waals surface area contributed by atoms with Crippen molar-refractivity contribution < 1.29 is 38.9 Å². The summed E-state index contributed by atoms with van der Waals surface area (Å²) < 4.78 is 11.3. The molecule has 0 atom stereocenters. The SMILES string of the molecule is CCCCc1ccc(Oc2cc(Nc3ccc(C(=O)O)cc3)c3c4c(c(C(=O)c5ccccc5)c(=O)[nH]c24)-c2ccccc2C3=O)c(SOOO)c1. The second-order valence-corrected chi connectivity index (χ2v) is 12.8. The van der Waals surface area contributed by atoms with Crippen molar-refractivity contribution in [2.24, 2.45) is 0 Å². The summed E-state index contributed by atoms with van der Waals surface area (Å²) in [5, 5.41) is 25.8. The Hall–Kier alpha value is -6.05. The van der Waals surface area contributed by atoms with E-state index in [0.717, 1.165) is 36.9 Å². The van der Waals surface area contributed by atoms with Crippen LogP contribution in [0.3, 0.4) is 0 Å². The molecule has 12 heteroatoms. The number of H-pyrrole nitrogens is 1. The van der Waals surface area contributed by atoms with Crippen LogP contribution in [0.5, 0.6) is 11.5 Å². The molecule has 0 fully saturated rings. The van der Waals surface area contributed by atoms with Gasteiger partial charge in [0, 0.05) is 33.8 Å². The second kappa shape index (κ2) is 14.7. The predicted molar refractivity (Wildman–Crippen MR) is 196 cm³/mol. The summed E-state index contributed by atoms with van der Waals surface area (Å²) in [5.41, 5.74) is 2.61. The minimum Gasteiger partial charge on any atom is -0.478 e. The van der Waals surface area contributed by atoms with Crippen LogP contribution in [-0.2, 0) is 15.8 Å². The Balaban J connectivity index is 1.51. The van der Waals surface area contributed by atoms with Gasteiger partial charge in [0.1, 0.15) is 5.75 Å². The average Bonchev–Trinajstić information content (AvgIpc) is 3.16. The first-order valence-electron chi connectivity index (χ1n) is 16.4. The first-order chi connectivity index (χ1) is 25.3. The minimum absolute atomic E-state index is 0.0739. The molecule has 0 radical (unpaired) electrons. The number of hydrogen-bond acceptors (Lipinski definition) is 10. The molecule has 52 heavy (non-hydrogen) atoms. The van der Waals surface area contributed by atoms with Crippen LogP contribution in [0.1, 0.15) is 67.5 Å². The van der Waals surface area contributed by atoms with Crippen LogP contribution in [0.2, 0.25) is 0 Å². The van der Waals surface area contributed by atoms with Gasteiger partial charge in [-0.3, -0.25) is 14.4 Å². The molecule has 0 spiro atoms. The van der Waals surface area contributed by atoms with E-state index in [9.17, 15) is 24.3 Å². The number of nitrogens with one attached hydrogen (secondary N) is 2. The number of carbonyl (C=O) groups excluding carboxylic acids is 2. The highest BCUT2D eigenvalue weighted by Gasteiger charge is 2.35. The number of benzene rings is 5. The van der Waals surface area contributed by atoms with Crippen LogP contribution in [0, 0.1) is 0 Å². The summed E-state index contributed by atoms with van der Waals surface area (Å²) in [6, 6.07) is 28.2. The largest absolute Gasteiger partial charge is 0.478 e. The third-order valence-electron chi connectivity index (χ3n) is 8.80. The number of rotatable bonds is 13. The maximum absolute atomic E-state index is 14.5. The molecular formula is C40H30N2O9S. The number of unbranched alkanes of at least 4 members (excludes halogenated alkanes) is 1. The summed E-state index contributed by atoms with van der Waals surface area (Å²) in [7, 11) is 0. The van der Waals surface area contributed by atoms with Gasteiger partial charge in [-0.05, 0) is 60.4 Å². The van der Waals surface area contributed by atoms with Gasteiger partial charge < -0.3 is 20.1 Å². The van der Waals surface area contributed by atoms with Crippen molar-refractivity contribution in [2.45, 2.75) is 31.1 Å². The Kier molecular flexibility index (Phi) is 9.70. The molecule has 4 N–H and O–H groups in total. The number of aromatic amines is 1. The Bertz CT molecular complexity index is 2430. The molecule has 1 heterocycles. The number of aromatic nitrogens is 1. The zero-order valence-corrected chi connectivity index (χ0v) is 28.4. The van der Waals surface area contributed by atoms with Gasteiger partial charge in [0.05, 0.1) is 44.8 Å². The van der Waals surface area contributed by atoms with E-state index < -0.39 is 17.3 Å². The number of fused-ring (bicyclic) bond motifs is 2. The summed E-state index contributed by atoms with van der Waals surface area (Å²) in [6.45, 7) is 2.09. The maximum atomic E-state index is 14.5. The van der Waals surface area contributed by atoms with E-state index in [2.05, 4.69) is 22.3 Å². The standard InChI is InChI=1S/C40H30N2O9S/c1-2-3-9-22-14-19-29(31(20-22)52-51-50-48)49-30-21-28(41-25-17-15-24(16-18-25)40(46)47)33-34-32(26-12-7-8-13-27(26)38(33)44)35(39(45)42-36(30)34)37(43)23-10-5-4-6-11-23/h4-8,10-21,41,48H,2-3,9H2,1H3,(H,42,45)(H,46,47). The highest BCUT2D eigenvalue weighted by Crippen LogP contribution is 2.48. The third-order valence-corrected chi connectivity index (χ3v) is 9.43. The first-order valence-corrected chi connectivity index (χ1v) is 17.1. The van der Waals surface area contributed by atoms with E-state index in [1.165, 1.54) is 12.1 Å². The van der Waals surface area contributed by atoms with Crippen LogP contribution < -0.4 is 15.6 Å². The van der Waals surface area contributed by atoms with Crippen molar-refractivity contribution >= 4 is 51.9 Å². The lowest BCUT2D eigenvalue weighted by atomic mass is 9.80. The Morgan fingerprint density at radius 2 is 1.56 bits per heavy atom. The molecule has 7 rings (SSSR count). The monoisotopic (exact) mass is 714 g/mol. The Labute approximate surface area is 300 Å². The van der Waals surface area contributed by atoms with E-state index in [0.29, 0.717) is 27.3 Å². The van der Waals surface area contributed by atoms with Gasteiger partial charge in [-0.25, -0.2) is 10.1 Å². The van der Waals surface area contributed by atoms with E-state index >= 15 is 0 Å². The van der Waals surface area contributed by atoms with Crippen molar-refractivity contribution in [3.63, 3.8) is 0 Å². The van der Waals surface area contributed by atoms with Gasteiger partial charge in [0.15, 0.2) is 17.3 Å². The number of pyridine rings is 1. The third kappa shape index (κ3) is 6.47. The lowest BCUT2D eigenvalue weighted by Crippen LogP contribution is -2.24. The lowest BCUT2D eigenvalue weighted by molar-refractivity contribution is -0.432. The van der Waals surface area contributed by atoms with Gasteiger partial charge in [-0.2, -0.15) is 0 Å². The molecular weight excluding hydrogens is 685 g/mol. The van der Waals surface area contributed by atoms with E-state index in [4.69, 9.17) is 14.3 Å². The fraction of sp³-hybridized carbons (Fsp3) is 0.100. The molecule has 6 aromatic rings. The van der Waals surface area contributed by atoms with Crippen LogP contribution in [0.4, 0.5) is 11.4 Å². The van der Waals surface area contributed by atoms with Crippen molar-refractivity contribution in [3.8, 4) is 22.6 Å². The number of carbonyl (C=O) groups is 3. The summed E-state index contributed by atoms with van der Waals surface area (Å²) >= 11 is 0.718. The number of carboxylic acid groups (broad SMARTS) is 1. The number of hydrogen-bond donors (Lipinski definition) is 4. The van der Waals surface area contributed by atoms with Crippen molar-refractivity contribution in [3.05, 3.63) is 147 Å². The molecule has 0 amide bonds. The van der Waals surface area contributed by atoms with Crippen molar-refractivity contribution in [1.29, 1.82) is 0 Å². The van der Waals surface area contributed by atoms with Crippen molar-refractivity contribution in [2.75, 3.05) is 5.32 Å². The van der Waals surface area contributed by atoms with Crippen LogP contribution in [0.15, 0.2) is 113 Å². The first kappa shape index (κ1) is 34.4. The molecule has 5 aromatic carbocycles. The highest BCUT2D eigenvalue weighted by atomic mass is 32.2. The van der Waals surface area contributed by atoms with E-state index in [1.807, 2.05) is 12.1 Å². The van der Waals surface area contributed by atoms with Gasteiger partial charge in [0.25, 0.3) is 5.56 Å². The molecule has 1 aromatic heterocycles. The average molecular weight is 715 g/mol. The van der Waals surface area contributed by atoms with Gasteiger partial charge >= 0.3 is 5.97 Å². The quantitative estimate of drug-likeness (QED) is 0.0390. The molecule has 1 aliphatic carbocycles. The van der Waals surface area contributed by atoms with E-state index in [-0.39, 0.29) is 56.1 Å². The van der Waals surface area contributed by atoms with Gasteiger partial charge in [-0.1, -0.05) is 79.0 Å². The number of aryl methyl sites for hydroxylation is 1. The zero-order valence-electron chi connectivity index (χ0n) is 27.6. The molecule has 11 nitrogen and oxygen atoms in total. The molecule has 0 bridgehead atoms. The van der Waals surface area contributed by atoms with Crippen LogP contribution >= 0.6 is 12.0 Å². The van der Waals surface area contributed by atoms with Crippen LogP contribution in [-0.4, -0.2) is 32.9 Å². The molecule has 260 valence electrons. The topological polar surface area (TPSA) is 164 Å². The Morgan fingerprint density at radius 3 is 2.27 bits per heavy atom.